The second kappa shape index (κ2) is 6.61. The topological polar surface area (TPSA) is 81.8 Å². The molecular weight excluding hydrogens is 316 g/mol. The Morgan fingerprint density at radius 2 is 1.84 bits per heavy atom. The van der Waals surface area contributed by atoms with Crippen LogP contribution in [0.15, 0.2) is 6.07 Å². The second-order valence-corrected chi connectivity index (χ2v) is 8.07. The van der Waals surface area contributed by atoms with Crippen LogP contribution >= 0.6 is 0 Å². The largest absolute Gasteiger partial charge is 0.392 e. The predicted octanol–water partition coefficient (Wildman–Crippen LogP) is 0.942. The number of nitrogens with zero attached hydrogens (tertiary/aromatic N) is 5. The molecule has 0 radical (unpaired) electrons. The van der Waals surface area contributed by atoms with E-state index in [1.807, 2.05) is 6.07 Å². The fourth-order valence-corrected chi connectivity index (χ4v) is 4.79. The summed E-state index contributed by atoms with van der Waals surface area (Å²) in [6.45, 7) is 5.75. The highest BCUT2D eigenvalue weighted by molar-refractivity contribution is 5.53. The third kappa shape index (κ3) is 3.27. The molecule has 0 bridgehead atoms. The summed E-state index contributed by atoms with van der Waals surface area (Å²) in [4.78, 5) is 16.2. The van der Waals surface area contributed by atoms with Gasteiger partial charge in [0, 0.05) is 50.7 Å². The molecule has 3 fully saturated rings. The summed E-state index contributed by atoms with van der Waals surface area (Å²) in [7, 11) is 2.15. The maximum absolute atomic E-state index is 10.7. The minimum Gasteiger partial charge on any atom is -0.392 e. The van der Waals surface area contributed by atoms with E-state index < -0.39 is 0 Å². The number of aromatic nitrogens is 2. The Balaban J connectivity index is 1.58. The van der Waals surface area contributed by atoms with Gasteiger partial charge in [-0.15, -0.1) is 0 Å². The molecule has 4 rings (SSSR count). The Morgan fingerprint density at radius 1 is 1.08 bits per heavy atom. The van der Waals surface area contributed by atoms with Gasteiger partial charge in [0.15, 0.2) is 0 Å². The molecule has 1 aromatic heterocycles. The van der Waals surface area contributed by atoms with E-state index >= 15 is 0 Å². The fourth-order valence-electron chi connectivity index (χ4n) is 4.79. The Bertz CT molecular complexity index is 620. The molecule has 3 saturated heterocycles. The first-order valence-electron chi connectivity index (χ1n) is 9.57. The van der Waals surface area contributed by atoms with Crippen molar-refractivity contribution in [1.29, 1.82) is 0 Å². The number of anilines is 3. The SMILES string of the molecule is CN1CC[C@H](O)[C@@]2(CCCN(c3cc(N)nc(N4CCCC4)n3)C2)C1. The molecule has 7 heteroatoms. The number of nitrogen functional groups attached to an aromatic ring is 1. The van der Waals surface area contributed by atoms with Gasteiger partial charge in [-0.25, -0.2) is 0 Å². The monoisotopic (exact) mass is 346 g/mol. The molecule has 0 saturated carbocycles. The molecule has 138 valence electrons. The molecule has 7 nitrogen and oxygen atoms in total. The van der Waals surface area contributed by atoms with Gasteiger partial charge in [0.05, 0.1) is 6.10 Å². The predicted molar refractivity (Wildman–Crippen MR) is 99.9 cm³/mol. The van der Waals surface area contributed by atoms with Crippen LogP contribution in [0.5, 0.6) is 0 Å². The molecule has 3 aliphatic rings. The minimum atomic E-state index is -0.233. The number of nitrogens with two attached hydrogens (primary N) is 1. The number of aliphatic hydroxyl groups is 1. The molecule has 3 aliphatic heterocycles. The molecule has 1 spiro atoms. The van der Waals surface area contributed by atoms with Crippen LogP contribution in [-0.4, -0.2) is 72.4 Å². The van der Waals surface area contributed by atoms with E-state index in [1.54, 1.807) is 0 Å². The summed E-state index contributed by atoms with van der Waals surface area (Å²) in [5, 5.41) is 10.7. The van der Waals surface area contributed by atoms with E-state index in [2.05, 4.69) is 26.7 Å². The van der Waals surface area contributed by atoms with Crippen molar-refractivity contribution in [3.8, 4) is 0 Å². The number of hydrogen-bond acceptors (Lipinski definition) is 7. The number of rotatable bonds is 2. The smallest absolute Gasteiger partial charge is 0.229 e. The molecule has 0 amide bonds. The van der Waals surface area contributed by atoms with Crippen LogP contribution in [0.4, 0.5) is 17.6 Å². The van der Waals surface area contributed by atoms with Crippen molar-refractivity contribution >= 4 is 17.6 Å². The number of hydrogen-bond donors (Lipinski definition) is 2. The number of aliphatic hydroxyl groups excluding tert-OH is 1. The highest BCUT2D eigenvalue weighted by Gasteiger charge is 2.45. The second-order valence-electron chi connectivity index (χ2n) is 8.07. The third-order valence-corrected chi connectivity index (χ3v) is 6.12. The van der Waals surface area contributed by atoms with Crippen molar-refractivity contribution in [2.45, 2.75) is 38.2 Å². The lowest BCUT2D eigenvalue weighted by Crippen LogP contribution is -2.58. The summed E-state index contributed by atoms with van der Waals surface area (Å²) in [6.07, 6.45) is 5.17. The maximum Gasteiger partial charge on any atom is 0.229 e. The zero-order valence-electron chi connectivity index (χ0n) is 15.2. The molecule has 4 heterocycles. The lowest BCUT2D eigenvalue weighted by molar-refractivity contribution is -0.0466. The van der Waals surface area contributed by atoms with Gasteiger partial charge in [0.1, 0.15) is 11.6 Å². The van der Waals surface area contributed by atoms with Crippen molar-refractivity contribution in [3.63, 3.8) is 0 Å². The van der Waals surface area contributed by atoms with Crippen LogP contribution in [-0.2, 0) is 0 Å². The molecule has 0 unspecified atom stereocenters. The first-order valence-corrected chi connectivity index (χ1v) is 9.57. The summed E-state index contributed by atoms with van der Waals surface area (Å²) < 4.78 is 0. The molecule has 3 N–H and O–H groups in total. The van der Waals surface area contributed by atoms with Crippen LogP contribution in [0.2, 0.25) is 0 Å². The van der Waals surface area contributed by atoms with Crippen molar-refractivity contribution < 1.29 is 5.11 Å². The minimum absolute atomic E-state index is 0.0568. The van der Waals surface area contributed by atoms with Gasteiger partial charge in [0.2, 0.25) is 5.95 Å². The first kappa shape index (κ1) is 16.8. The van der Waals surface area contributed by atoms with Crippen molar-refractivity contribution in [3.05, 3.63) is 6.07 Å². The Kier molecular flexibility index (Phi) is 4.45. The van der Waals surface area contributed by atoms with Crippen LogP contribution in [0.3, 0.4) is 0 Å². The van der Waals surface area contributed by atoms with Gasteiger partial charge in [-0.05, 0) is 39.2 Å². The van der Waals surface area contributed by atoms with Gasteiger partial charge in [-0.3, -0.25) is 0 Å². The van der Waals surface area contributed by atoms with Crippen molar-refractivity contribution in [1.82, 2.24) is 14.9 Å². The summed E-state index contributed by atoms with van der Waals surface area (Å²) >= 11 is 0. The zero-order valence-corrected chi connectivity index (χ0v) is 15.2. The molecular formula is C18H30N6O. The Labute approximate surface area is 149 Å². The van der Waals surface area contributed by atoms with Crippen LogP contribution < -0.4 is 15.5 Å². The average Bonchev–Trinajstić information content (AvgIpc) is 3.13. The van der Waals surface area contributed by atoms with Gasteiger partial charge < -0.3 is 25.5 Å². The van der Waals surface area contributed by atoms with E-state index in [1.165, 1.54) is 12.8 Å². The van der Waals surface area contributed by atoms with E-state index in [0.29, 0.717) is 5.82 Å². The third-order valence-electron chi connectivity index (χ3n) is 6.12. The van der Waals surface area contributed by atoms with E-state index in [-0.39, 0.29) is 11.5 Å². The van der Waals surface area contributed by atoms with Crippen LogP contribution in [0.25, 0.3) is 0 Å². The highest BCUT2D eigenvalue weighted by atomic mass is 16.3. The quantitative estimate of drug-likeness (QED) is 0.825. The van der Waals surface area contributed by atoms with Crippen LogP contribution in [0, 0.1) is 5.41 Å². The summed E-state index contributed by atoms with van der Waals surface area (Å²) in [5.74, 6) is 2.20. The van der Waals surface area contributed by atoms with Crippen molar-refractivity contribution in [2.75, 3.05) is 61.8 Å². The van der Waals surface area contributed by atoms with Gasteiger partial charge in [-0.1, -0.05) is 0 Å². The molecule has 2 atom stereocenters. The summed E-state index contributed by atoms with van der Waals surface area (Å²) in [5.41, 5.74) is 6.03. The summed E-state index contributed by atoms with van der Waals surface area (Å²) in [6, 6.07) is 1.89. The fraction of sp³-hybridized carbons (Fsp3) is 0.778. The Morgan fingerprint density at radius 3 is 2.64 bits per heavy atom. The van der Waals surface area contributed by atoms with Gasteiger partial charge >= 0.3 is 0 Å². The van der Waals surface area contributed by atoms with Gasteiger partial charge in [-0.2, -0.15) is 9.97 Å². The average molecular weight is 346 g/mol. The molecule has 0 aliphatic carbocycles. The van der Waals surface area contributed by atoms with E-state index in [0.717, 1.165) is 70.3 Å². The van der Waals surface area contributed by atoms with Crippen LogP contribution in [0.1, 0.15) is 32.1 Å². The zero-order chi connectivity index (χ0) is 17.4. The maximum atomic E-state index is 10.7. The number of piperidine rings is 2. The normalized spacial score (nSPS) is 31.0. The number of likely N-dealkylation sites (tertiary alicyclic amines) is 1. The highest BCUT2D eigenvalue weighted by Crippen LogP contribution is 2.39. The lowest BCUT2D eigenvalue weighted by Gasteiger charge is -2.50. The lowest BCUT2D eigenvalue weighted by atomic mass is 9.71. The molecule has 25 heavy (non-hydrogen) atoms. The van der Waals surface area contributed by atoms with Crippen molar-refractivity contribution in [2.24, 2.45) is 5.41 Å². The van der Waals surface area contributed by atoms with E-state index in [9.17, 15) is 5.11 Å². The molecule has 1 aromatic rings. The standard InChI is InChI=1S/C18H30N6O/c1-22-10-5-14(25)18(12-22)6-4-9-24(13-18)16-11-15(19)20-17(21-16)23-7-2-3-8-23/h11,14,25H,2-10,12-13H2,1H3,(H2,19,20,21)/t14-,18-/m0/s1. The van der Waals surface area contributed by atoms with E-state index in [4.69, 9.17) is 10.7 Å². The van der Waals surface area contributed by atoms with Gasteiger partial charge in [0.25, 0.3) is 0 Å². The first-order chi connectivity index (χ1) is 12.1. The Hall–Kier alpha value is -1.60. The molecule has 0 aromatic carbocycles.